The maximum absolute atomic E-state index is 14.1. The van der Waals surface area contributed by atoms with Crippen molar-refractivity contribution in [3.8, 4) is 16.9 Å². The van der Waals surface area contributed by atoms with E-state index in [-0.39, 0.29) is 36.3 Å². The number of aromatic hydroxyl groups is 1. The molecule has 5 rings (SSSR count). The number of aliphatic hydroxyl groups is 3. The van der Waals surface area contributed by atoms with Gasteiger partial charge in [0.2, 0.25) is 5.78 Å². The zero-order valence-corrected chi connectivity index (χ0v) is 24.8. The highest BCUT2D eigenvalue weighted by Crippen LogP contribution is 2.53. The number of fused-ring (bicyclic) bond motifs is 3. The van der Waals surface area contributed by atoms with Crippen molar-refractivity contribution in [1.29, 1.82) is 0 Å². The predicted molar refractivity (Wildman–Crippen MR) is 157 cm³/mol. The van der Waals surface area contributed by atoms with Gasteiger partial charge in [0.1, 0.15) is 22.8 Å². The second kappa shape index (κ2) is 11.3. The molecule has 0 aromatic heterocycles. The first-order valence-electron chi connectivity index (χ1n) is 14.4. The van der Waals surface area contributed by atoms with Gasteiger partial charge in [0.05, 0.1) is 18.2 Å². The molecule has 1 saturated carbocycles. The smallest absolute Gasteiger partial charge is 0.401 e. The van der Waals surface area contributed by atoms with Gasteiger partial charge in [-0.05, 0) is 79.2 Å². The summed E-state index contributed by atoms with van der Waals surface area (Å²) in [7, 11) is 3.04. The quantitative estimate of drug-likeness (QED) is 0.252. The van der Waals surface area contributed by atoms with E-state index in [1.807, 2.05) is 6.92 Å². The SMILES string of the molecule is CCc1ccc(CNCC(F)(F)F)cc1-c1ccc(O)c2c1CC1CC3C(N(C)C)C(=O)C(C(N)=O)=C(O)C3(O)C(=O)C1=C2O. The van der Waals surface area contributed by atoms with Crippen LogP contribution in [-0.4, -0.2) is 81.3 Å². The van der Waals surface area contributed by atoms with E-state index in [4.69, 9.17) is 5.73 Å². The number of rotatable bonds is 7. The lowest BCUT2D eigenvalue weighted by molar-refractivity contribution is -0.153. The molecule has 2 aromatic carbocycles. The Labute approximate surface area is 256 Å². The van der Waals surface area contributed by atoms with Gasteiger partial charge in [-0.2, -0.15) is 13.2 Å². The number of carbonyl (C=O) groups excluding carboxylic acids is 3. The second-order valence-corrected chi connectivity index (χ2v) is 12.0. The van der Waals surface area contributed by atoms with Crippen molar-refractivity contribution in [3.05, 3.63) is 69.5 Å². The third-order valence-corrected chi connectivity index (χ3v) is 9.10. The fourth-order valence-corrected chi connectivity index (χ4v) is 7.14. The van der Waals surface area contributed by atoms with Gasteiger partial charge in [-0.1, -0.05) is 25.1 Å². The normalized spacial score (nSPS) is 24.9. The number of nitrogens with one attached hydrogen (secondary N) is 1. The number of nitrogens with zero attached hydrogens (tertiary/aromatic N) is 1. The summed E-state index contributed by atoms with van der Waals surface area (Å²) in [5.41, 5.74) is 4.54. The van der Waals surface area contributed by atoms with E-state index in [0.29, 0.717) is 28.7 Å². The van der Waals surface area contributed by atoms with Gasteiger partial charge < -0.3 is 31.5 Å². The van der Waals surface area contributed by atoms with E-state index < -0.39 is 70.8 Å². The molecule has 7 N–H and O–H groups in total. The minimum absolute atomic E-state index is 0.0618. The number of halogens is 3. The molecule has 0 bridgehead atoms. The molecule has 1 amide bonds. The third-order valence-electron chi connectivity index (χ3n) is 9.10. The number of hydrogen-bond donors (Lipinski definition) is 6. The van der Waals surface area contributed by atoms with E-state index in [9.17, 15) is 48.0 Å². The number of benzene rings is 2. The van der Waals surface area contributed by atoms with Gasteiger partial charge in [-0.15, -0.1) is 0 Å². The van der Waals surface area contributed by atoms with Gasteiger partial charge in [0.15, 0.2) is 11.4 Å². The summed E-state index contributed by atoms with van der Waals surface area (Å²) < 4.78 is 38.2. The van der Waals surface area contributed by atoms with Crippen molar-refractivity contribution in [2.24, 2.45) is 17.6 Å². The standard InChI is InChI=1S/C32H34F3N3O7/c1-4-15-6-5-14(12-37-13-31(33,34)35)9-18(15)17-7-8-21(39)23-19(17)10-16-11-20-25(38(2)3)27(41)24(30(36)44)29(43)32(20,45)28(42)22(16)26(23)40/h5-9,16,20,25,37,39-40,43,45H,4,10-13H2,1-3H3,(H2,36,44). The molecule has 10 nitrogen and oxygen atoms in total. The molecule has 2 aromatic rings. The highest BCUT2D eigenvalue weighted by atomic mass is 19.4. The summed E-state index contributed by atoms with van der Waals surface area (Å²) >= 11 is 0. The first-order chi connectivity index (χ1) is 21.0. The van der Waals surface area contributed by atoms with E-state index >= 15 is 0 Å². The summed E-state index contributed by atoms with van der Waals surface area (Å²) in [5.74, 6) is -7.40. The number of nitrogens with two attached hydrogens (primary N) is 1. The summed E-state index contributed by atoms with van der Waals surface area (Å²) in [6.45, 7) is 0.679. The lowest BCUT2D eigenvalue weighted by atomic mass is 9.57. The number of primary amides is 1. The Morgan fingerprint density at radius 3 is 2.40 bits per heavy atom. The van der Waals surface area contributed by atoms with Gasteiger partial charge in [0, 0.05) is 18.0 Å². The average molecular weight is 630 g/mol. The topological polar surface area (TPSA) is 173 Å². The lowest BCUT2D eigenvalue weighted by Gasteiger charge is -2.50. The number of likely N-dealkylation sites (N-methyl/N-ethyl adjacent to an activating group) is 1. The van der Waals surface area contributed by atoms with Crippen LogP contribution in [0.5, 0.6) is 5.75 Å². The molecule has 0 spiro atoms. The Hall–Kier alpha value is -4.20. The number of amides is 1. The molecule has 45 heavy (non-hydrogen) atoms. The molecule has 4 atom stereocenters. The monoisotopic (exact) mass is 629 g/mol. The molecule has 3 aliphatic carbocycles. The number of ketones is 2. The first-order valence-corrected chi connectivity index (χ1v) is 14.4. The molecule has 4 unspecified atom stereocenters. The van der Waals surface area contributed by atoms with Crippen molar-refractivity contribution in [2.75, 3.05) is 20.6 Å². The van der Waals surface area contributed by atoms with Crippen molar-refractivity contribution in [2.45, 2.75) is 50.6 Å². The number of phenols is 1. The third kappa shape index (κ3) is 5.18. The summed E-state index contributed by atoms with van der Waals surface area (Å²) in [4.78, 5) is 41.0. The van der Waals surface area contributed by atoms with Crippen molar-refractivity contribution < 1.29 is 48.0 Å². The van der Waals surface area contributed by atoms with E-state index in [1.54, 1.807) is 24.3 Å². The van der Waals surface area contributed by atoms with Gasteiger partial charge in [-0.3, -0.25) is 19.3 Å². The number of Topliss-reactive ketones (excluding diaryl/α,β-unsaturated/α-hetero) is 2. The highest BCUT2D eigenvalue weighted by Gasteiger charge is 2.64. The second-order valence-electron chi connectivity index (χ2n) is 12.0. The molecular formula is C32H34F3N3O7. The number of carbonyl (C=O) groups is 3. The van der Waals surface area contributed by atoms with Gasteiger partial charge in [0.25, 0.3) is 5.91 Å². The van der Waals surface area contributed by atoms with Crippen LogP contribution < -0.4 is 11.1 Å². The molecule has 1 fully saturated rings. The van der Waals surface area contributed by atoms with Crippen LogP contribution in [0.3, 0.4) is 0 Å². The Kier molecular flexibility index (Phi) is 8.09. The highest BCUT2D eigenvalue weighted by molar-refractivity contribution is 6.24. The van der Waals surface area contributed by atoms with Crippen molar-refractivity contribution in [3.63, 3.8) is 0 Å². The number of aryl methyl sites for hydroxylation is 1. The lowest BCUT2D eigenvalue weighted by Crippen LogP contribution is -2.65. The molecule has 0 radical (unpaired) electrons. The largest absolute Gasteiger partial charge is 0.508 e. The Bertz CT molecular complexity index is 1680. The van der Waals surface area contributed by atoms with E-state index in [0.717, 1.165) is 5.56 Å². The predicted octanol–water partition coefficient (Wildman–Crippen LogP) is 2.85. The molecule has 0 saturated heterocycles. The first kappa shape index (κ1) is 32.2. The summed E-state index contributed by atoms with van der Waals surface area (Å²) in [5, 5.41) is 47.6. The van der Waals surface area contributed by atoms with Crippen LogP contribution in [-0.2, 0) is 33.8 Å². The number of hydrogen-bond acceptors (Lipinski definition) is 9. The van der Waals surface area contributed by atoms with Crippen LogP contribution in [0.1, 0.15) is 35.6 Å². The minimum Gasteiger partial charge on any atom is -0.508 e. The van der Waals surface area contributed by atoms with Crippen LogP contribution in [0.2, 0.25) is 0 Å². The summed E-state index contributed by atoms with van der Waals surface area (Å²) in [6, 6.07) is 7.01. The molecular weight excluding hydrogens is 595 g/mol. The van der Waals surface area contributed by atoms with Gasteiger partial charge in [-0.25, -0.2) is 0 Å². The Morgan fingerprint density at radius 1 is 1.11 bits per heavy atom. The van der Waals surface area contributed by atoms with E-state index in [1.165, 1.54) is 25.1 Å². The average Bonchev–Trinajstić information content (AvgIpc) is 2.94. The maximum Gasteiger partial charge on any atom is 0.401 e. The van der Waals surface area contributed by atoms with Crippen molar-refractivity contribution in [1.82, 2.24) is 10.2 Å². The van der Waals surface area contributed by atoms with Gasteiger partial charge >= 0.3 is 6.18 Å². The van der Waals surface area contributed by atoms with Crippen molar-refractivity contribution >= 4 is 23.2 Å². The zero-order chi connectivity index (χ0) is 33.2. The molecule has 0 aliphatic heterocycles. The van der Waals surface area contributed by atoms with E-state index in [2.05, 4.69) is 5.32 Å². The summed E-state index contributed by atoms with van der Waals surface area (Å²) in [6.07, 6.45) is -3.80. The van der Waals surface area contributed by atoms with Crippen LogP contribution in [0, 0.1) is 11.8 Å². The Balaban J connectivity index is 1.66. The molecule has 3 aliphatic rings. The fraction of sp³-hybridized carbons (Fsp3) is 0.406. The minimum atomic E-state index is -4.38. The van der Waals surface area contributed by atoms with Crippen LogP contribution >= 0.6 is 0 Å². The zero-order valence-electron chi connectivity index (χ0n) is 24.8. The molecule has 0 heterocycles. The number of alkyl halides is 3. The maximum atomic E-state index is 14.1. The number of phenolic OH excluding ortho intramolecular Hbond substituents is 1. The van der Waals surface area contributed by atoms with Crippen LogP contribution in [0.15, 0.2) is 47.2 Å². The molecule has 13 heteroatoms. The number of aliphatic hydroxyl groups excluding tert-OH is 2. The fourth-order valence-electron chi connectivity index (χ4n) is 7.14. The Morgan fingerprint density at radius 2 is 1.80 bits per heavy atom. The van der Waals surface area contributed by atoms with Crippen LogP contribution in [0.4, 0.5) is 13.2 Å². The van der Waals surface area contributed by atoms with Crippen LogP contribution in [0.25, 0.3) is 16.9 Å². The molecule has 240 valence electrons.